The summed E-state index contributed by atoms with van der Waals surface area (Å²) in [4.78, 5) is 0. The third kappa shape index (κ3) is 1.36. The quantitative estimate of drug-likeness (QED) is 0.773. The molecule has 0 bridgehead atoms. The van der Waals surface area contributed by atoms with Crippen molar-refractivity contribution in [2.24, 2.45) is 0 Å². The zero-order valence-electron chi connectivity index (χ0n) is 7.83. The molecule has 74 valence electrons. The van der Waals surface area contributed by atoms with Gasteiger partial charge in [0.15, 0.2) is 0 Å². The van der Waals surface area contributed by atoms with Gasteiger partial charge in [0.05, 0.1) is 5.69 Å². The third-order valence-corrected chi connectivity index (χ3v) is 3.21. The zero-order chi connectivity index (χ0) is 10.1. The van der Waals surface area contributed by atoms with E-state index in [1.54, 1.807) is 6.07 Å². The van der Waals surface area contributed by atoms with E-state index in [-0.39, 0.29) is 0 Å². The van der Waals surface area contributed by atoms with Gasteiger partial charge in [0, 0.05) is 6.04 Å². The van der Waals surface area contributed by atoms with Crippen LogP contribution in [0.1, 0.15) is 37.4 Å². The molecule has 1 aliphatic carbocycles. The summed E-state index contributed by atoms with van der Waals surface area (Å²) in [5.74, 6) is 0. The van der Waals surface area contributed by atoms with Crippen molar-refractivity contribution in [3.05, 3.63) is 16.9 Å². The second-order valence-corrected chi connectivity index (χ2v) is 4.05. The molecular formula is C10H12ClN3. The van der Waals surface area contributed by atoms with E-state index in [2.05, 4.69) is 6.07 Å². The number of hydrogen-bond acceptors (Lipinski definition) is 2. The van der Waals surface area contributed by atoms with Crippen LogP contribution in [0.25, 0.3) is 0 Å². The molecule has 0 spiro atoms. The average Bonchev–Trinajstić information content (AvgIpc) is 2.76. The van der Waals surface area contributed by atoms with E-state index in [0.717, 1.165) is 12.8 Å². The first kappa shape index (κ1) is 9.42. The summed E-state index contributed by atoms with van der Waals surface area (Å²) in [6, 6.07) is 4.16. The van der Waals surface area contributed by atoms with Gasteiger partial charge in [-0.2, -0.15) is 5.26 Å². The van der Waals surface area contributed by atoms with E-state index in [4.69, 9.17) is 22.6 Å². The van der Waals surface area contributed by atoms with Crippen molar-refractivity contribution in [3.63, 3.8) is 0 Å². The van der Waals surface area contributed by atoms with Crippen molar-refractivity contribution in [2.45, 2.75) is 31.7 Å². The van der Waals surface area contributed by atoms with Gasteiger partial charge in [0.1, 0.15) is 16.9 Å². The van der Waals surface area contributed by atoms with Gasteiger partial charge in [-0.15, -0.1) is 0 Å². The fourth-order valence-electron chi connectivity index (χ4n) is 2.13. The van der Waals surface area contributed by atoms with E-state index >= 15 is 0 Å². The van der Waals surface area contributed by atoms with Crippen molar-refractivity contribution < 1.29 is 0 Å². The summed E-state index contributed by atoms with van der Waals surface area (Å²) in [6.07, 6.45) is 4.62. The maximum atomic E-state index is 8.93. The predicted molar refractivity (Wildman–Crippen MR) is 56.1 cm³/mol. The third-order valence-electron chi connectivity index (χ3n) is 2.81. The number of nitrogens with two attached hydrogens (primary N) is 1. The maximum Gasteiger partial charge on any atom is 0.133 e. The SMILES string of the molecule is N#Cc1cc(N)c(Cl)n1C1CCCC1. The van der Waals surface area contributed by atoms with Crippen LogP contribution in [0.5, 0.6) is 0 Å². The van der Waals surface area contributed by atoms with Gasteiger partial charge in [0.2, 0.25) is 0 Å². The molecule has 0 atom stereocenters. The van der Waals surface area contributed by atoms with Gasteiger partial charge in [-0.25, -0.2) is 0 Å². The standard InChI is InChI=1S/C10H12ClN3/c11-10-9(13)5-8(6-12)14(10)7-3-1-2-4-7/h5,7H,1-4,13H2. The smallest absolute Gasteiger partial charge is 0.133 e. The number of nitriles is 1. The Balaban J connectivity index is 2.44. The second-order valence-electron chi connectivity index (χ2n) is 3.70. The van der Waals surface area contributed by atoms with Gasteiger partial charge in [-0.3, -0.25) is 0 Å². The Morgan fingerprint density at radius 3 is 2.71 bits per heavy atom. The minimum Gasteiger partial charge on any atom is -0.396 e. The Labute approximate surface area is 88.1 Å². The number of rotatable bonds is 1. The highest BCUT2D eigenvalue weighted by molar-refractivity contribution is 6.32. The maximum absolute atomic E-state index is 8.93. The molecule has 1 aliphatic rings. The van der Waals surface area contributed by atoms with E-state index < -0.39 is 0 Å². The van der Waals surface area contributed by atoms with Crippen LogP contribution in [-0.2, 0) is 0 Å². The van der Waals surface area contributed by atoms with Gasteiger partial charge in [0.25, 0.3) is 0 Å². The molecule has 1 aromatic heterocycles. The van der Waals surface area contributed by atoms with Crippen LogP contribution in [0.15, 0.2) is 6.07 Å². The predicted octanol–water partition coefficient (Wildman–Crippen LogP) is 2.71. The molecule has 0 unspecified atom stereocenters. The topological polar surface area (TPSA) is 54.7 Å². The van der Waals surface area contributed by atoms with Crippen molar-refractivity contribution in [2.75, 3.05) is 5.73 Å². The van der Waals surface area contributed by atoms with Crippen LogP contribution in [0.3, 0.4) is 0 Å². The molecule has 14 heavy (non-hydrogen) atoms. The molecule has 0 radical (unpaired) electrons. The molecule has 0 aromatic carbocycles. The van der Waals surface area contributed by atoms with Gasteiger partial charge >= 0.3 is 0 Å². The largest absolute Gasteiger partial charge is 0.396 e. The van der Waals surface area contributed by atoms with E-state index in [1.807, 2.05) is 4.57 Å². The molecule has 1 fully saturated rings. The first-order valence-electron chi connectivity index (χ1n) is 4.80. The molecule has 0 aliphatic heterocycles. The summed E-state index contributed by atoms with van der Waals surface area (Å²) < 4.78 is 1.88. The Morgan fingerprint density at radius 2 is 2.14 bits per heavy atom. The highest BCUT2D eigenvalue weighted by Crippen LogP contribution is 2.36. The van der Waals surface area contributed by atoms with Crippen molar-refractivity contribution in [1.82, 2.24) is 4.57 Å². The second kappa shape index (κ2) is 3.55. The Hall–Kier alpha value is -1.14. The normalized spacial score (nSPS) is 17.1. The number of nitrogens with zero attached hydrogens (tertiary/aromatic N) is 2. The summed E-state index contributed by atoms with van der Waals surface area (Å²) in [5.41, 5.74) is 6.77. The summed E-state index contributed by atoms with van der Waals surface area (Å²) in [5, 5.41) is 9.45. The molecular weight excluding hydrogens is 198 g/mol. The van der Waals surface area contributed by atoms with Crippen molar-refractivity contribution >= 4 is 17.3 Å². The molecule has 3 nitrogen and oxygen atoms in total. The van der Waals surface area contributed by atoms with Gasteiger partial charge < -0.3 is 10.3 Å². The summed E-state index contributed by atoms with van der Waals surface area (Å²) in [7, 11) is 0. The van der Waals surface area contributed by atoms with Crippen molar-refractivity contribution in [3.8, 4) is 6.07 Å². The molecule has 1 saturated carbocycles. The molecule has 2 N–H and O–H groups in total. The zero-order valence-corrected chi connectivity index (χ0v) is 8.59. The molecule has 2 rings (SSSR count). The Bertz CT molecular complexity index is 383. The average molecular weight is 210 g/mol. The highest BCUT2D eigenvalue weighted by Gasteiger charge is 2.22. The lowest BCUT2D eigenvalue weighted by Gasteiger charge is -2.14. The number of nitrogen functional groups attached to an aromatic ring is 1. The molecule has 0 amide bonds. The van der Waals surface area contributed by atoms with Crippen LogP contribution in [-0.4, -0.2) is 4.57 Å². The van der Waals surface area contributed by atoms with Crippen LogP contribution in [0.2, 0.25) is 5.15 Å². The minimum absolute atomic E-state index is 0.370. The number of hydrogen-bond donors (Lipinski definition) is 1. The number of halogens is 1. The lowest BCUT2D eigenvalue weighted by Crippen LogP contribution is -2.06. The van der Waals surface area contributed by atoms with Crippen molar-refractivity contribution in [1.29, 1.82) is 5.26 Å². The fourth-order valence-corrected chi connectivity index (χ4v) is 2.41. The van der Waals surface area contributed by atoms with E-state index in [1.165, 1.54) is 12.8 Å². The lowest BCUT2D eigenvalue weighted by molar-refractivity contribution is 0.517. The number of anilines is 1. The molecule has 1 aromatic rings. The van der Waals surface area contributed by atoms with Crippen LogP contribution >= 0.6 is 11.6 Å². The molecule has 4 heteroatoms. The summed E-state index contributed by atoms with van der Waals surface area (Å²) >= 11 is 6.06. The van der Waals surface area contributed by atoms with E-state index in [0.29, 0.717) is 22.6 Å². The van der Waals surface area contributed by atoms with Gasteiger partial charge in [-0.1, -0.05) is 24.4 Å². The minimum atomic E-state index is 0.370. The first-order chi connectivity index (χ1) is 6.74. The van der Waals surface area contributed by atoms with Crippen LogP contribution < -0.4 is 5.73 Å². The monoisotopic (exact) mass is 209 g/mol. The van der Waals surface area contributed by atoms with Gasteiger partial charge in [-0.05, 0) is 18.9 Å². The Morgan fingerprint density at radius 1 is 1.50 bits per heavy atom. The number of aromatic nitrogens is 1. The van der Waals surface area contributed by atoms with Crippen LogP contribution in [0, 0.1) is 11.3 Å². The Kier molecular flexibility index (Phi) is 2.39. The molecule has 0 saturated heterocycles. The first-order valence-corrected chi connectivity index (χ1v) is 5.18. The summed E-state index contributed by atoms with van der Waals surface area (Å²) in [6.45, 7) is 0. The lowest BCUT2D eigenvalue weighted by atomic mass is 10.2. The highest BCUT2D eigenvalue weighted by atomic mass is 35.5. The van der Waals surface area contributed by atoms with E-state index in [9.17, 15) is 0 Å². The fraction of sp³-hybridized carbons (Fsp3) is 0.500. The molecule has 1 heterocycles. The van der Waals surface area contributed by atoms with Crippen LogP contribution in [0.4, 0.5) is 5.69 Å².